The number of amides is 1. The molecule has 0 bridgehead atoms. The first-order valence-corrected chi connectivity index (χ1v) is 10.3. The van der Waals surface area contributed by atoms with Crippen molar-refractivity contribution in [2.75, 3.05) is 7.05 Å². The molecule has 138 valence electrons. The number of hydrogen-bond acceptors (Lipinski definition) is 3. The van der Waals surface area contributed by atoms with Gasteiger partial charge < -0.3 is 5.32 Å². The van der Waals surface area contributed by atoms with Gasteiger partial charge in [-0.05, 0) is 41.7 Å². The lowest BCUT2D eigenvalue weighted by Gasteiger charge is -2.34. The lowest BCUT2D eigenvalue weighted by Crippen LogP contribution is -2.51. The SMILES string of the molecule is CCCc1ccc(S(=O)(=O)N2Cc3ccccc3C[C@H]2C(=O)NC)cc1. The topological polar surface area (TPSA) is 66.5 Å². The zero-order valence-electron chi connectivity index (χ0n) is 15.1. The molecule has 0 saturated carbocycles. The fourth-order valence-corrected chi connectivity index (χ4v) is 4.96. The van der Waals surface area contributed by atoms with Gasteiger partial charge in [0.25, 0.3) is 0 Å². The van der Waals surface area contributed by atoms with E-state index in [1.807, 2.05) is 36.4 Å². The molecule has 0 unspecified atom stereocenters. The number of sulfonamides is 1. The van der Waals surface area contributed by atoms with Crippen molar-refractivity contribution in [1.82, 2.24) is 9.62 Å². The molecule has 1 aliphatic heterocycles. The van der Waals surface area contributed by atoms with Gasteiger partial charge in [-0.1, -0.05) is 49.7 Å². The molecule has 1 aliphatic rings. The maximum atomic E-state index is 13.2. The molecule has 0 radical (unpaired) electrons. The van der Waals surface area contributed by atoms with Crippen LogP contribution in [0.25, 0.3) is 0 Å². The zero-order chi connectivity index (χ0) is 18.7. The molecule has 3 rings (SSSR count). The van der Waals surface area contributed by atoms with Crippen molar-refractivity contribution in [2.24, 2.45) is 0 Å². The van der Waals surface area contributed by atoms with Crippen LogP contribution in [0.1, 0.15) is 30.0 Å². The van der Waals surface area contributed by atoms with Crippen LogP contribution >= 0.6 is 0 Å². The minimum atomic E-state index is -3.77. The van der Waals surface area contributed by atoms with Gasteiger partial charge >= 0.3 is 0 Å². The van der Waals surface area contributed by atoms with E-state index in [9.17, 15) is 13.2 Å². The van der Waals surface area contributed by atoms with Crippen LogP contribution < -0.4 is 5.32 Å². The Kier molecular flexibility index (Phi) is 5.44. The fraction of sp³-hybridized carbons (Fsp3) is 0.350. The van der Waals surface area contributed by atoms with Crippen LogP contribution in [0.2, 0.25) is 0 Å². The predicted octanol–water partition coefficient (Wildman–Crippen LogP) is 2.50. The summed E-state index contributed by atoms with van der Waals surface area (Å²) in [5.41, 5.74) is 3.07. The van der Waals surface area contributed by atoms with Crippen molar-refractivity contribution in [1.29, 1.82) is 0 Å². The highest BCUT2D eigenvalue weighted by molar-refractivity contribution is 7.89. The Bertz CT molecular complexity index is 892. The van der Waals surface area contributed by atoms with Gasteiger partial charge in [0.2, 0.25) is 15.9 Å². The largest absolute Gasteiger partial charge is 0.358 e. The van der Waals surface area contributed by atoms with E-state index in [0.29, 0.717) is 6.42 Å². The average Bonchev–Trinajstić information content (AvgIpc) is 2.67. The summed E-state index contributed by atoms with van der Waals surface area (Å²) in [5, 5.41) is 2.60. The molecule has 0 aliphatic carbocycles. The number of benzene rings is 2. The summed E-state index contributed by atoms with van der Waals surface area (Å²) in [6.07, 6.45) is 2.30. The second kappa shape index (κ2) is 7.60. The Morgan fingerprint density at radius 3 is 2.38 bits per heavy atom. The lowest BCUT2D eigenvalue weighted by atomic mass is 9.95. The number of fused-ring (bicyclic) bond motifs is 1. The second-order valence-corrected chi connectivity index (χ2v) is 8.44. The standard InChI is InChI=1S/C20H24N2O3S/c1-3-6-15-9-11-18(12-10-15)26(24,25)22-14-17-8-5-4-7-16(17)13-19(22)20(23)21-2/h4-5,7-12,19H,3,6,13-14H2,1-2H3,(H,21,23)/t19-/m0/s1. The van der Waals surface area contributed by atoms with Crippen molar-refractivity contribution < 1.29 is 13.2 Å². The molecule has 5 nitrogen and oxygen atoms in total. The number of carbonyl (C=O) groups excluding carboxylic acids is 1. The van der Waals surface area contributed by atoms with Gasteiger partial charge in [-0.25, -0.2) is 8.42 Å². The van der Waals surface area contributed by atoms with E-state index < -0.39 is 16.1 Å². The second-order valence-electron chi connectivity index (χ2n) is 6.55. The van der Waals surface area contributed by atoms with Crippen LogP contribution in [0.5, 0.6) is 0 Å². The third kappa shape index (κ3) is 3.52. The van der Waals surface area contributed by atoms with Gasteiger partial charge in [0.15, 0.2) is 0 Å². The van der Waals surface area contributed by atoms with E-state index in [-0.39, 0.29) is 17.3 Å². The first-order valence-electron chi connectivity index (χ1n) is 8.86. The summed E-state index contributed by atoms with van der Waals surface area (Å²) >= 11 is 0. The van der Waals surface area contributed by atoms with E-state index in [1.54, 1.807) is 12.1 Å². The Morgan fingerprint density at radius 2 is 1.77 bits per heavy atom. The number of nitrogens with zero attached hydrogens (tertiary/aromatic N) is 1. The van der Waals surface area contributed by atoms with Gasteiger partial charge in [0.1, 0.15) is 6.04 Å². The van der Waals surface area contributed by atoms with E-state index >= 15 is 0 Å². The third-order valence-corrected chi connectivity index (χ3v) is 6.69. The van der Waals surface area contributed by atoms with Gasteiger partial charge in [-0.3, -0.25) is 4.79 Å². The van der Waals surface area contributed by atoms with Crippen molar-refractivity contribution >= 4 is 15.9 Å². The van der Waals surface area contributed by atoms with Crippen molar-refractivity contribution in [3.05, 3.63) is 65.2 Å². The fourth-order valence-electron chi connectivity index (χ4n) is 3.39. The molecule has 0 spiro atoms. The number of carbonyl (C=O) groups is 1. The summed E-state index contributed by atoms with van der Waals surface area (Å²) in [4.78, 5) is 12.6. The van der Waals surface area contributed by atoms with Gasteiger partial charge in [0, 0.05) is 13.6 Å². The minimum Gasteiger partial charge on any atom is -0.358 e. The van der Waals surface area contributed by atoms with Gasteiger partial charge in [-0.2, -0.15) is 4.31 Å². The average molecular weight is 372 g/mol. The number of aryl methyl sites for hydroxylation is 1. The normalized spacial score (nSPS) is 17.5. The van der Waals surface area contributed by atoms with Crippen LogP contribution in [0.3, 0.4) is 0 Å². The third-order valence-electron chi connectivity index (χ3n) is 4.82. The molecule has 2 aromatic carbocycles. The molecular weight excluding hydrogens is 348 g/mol. The molecule has 0 saturated heterocycles. The number of nitrogens with one attached hydrogen (secondary N) is 1. The Morgan fingerprint density at radius 1 is 1.12 bits per heavy atom. The van der Waals surface area contributed by atoms with Crippen molar-refractivity contribution in [2.45, 2.75) is 43.7 Å². The first-order chi connectivity index (χ1) is 12.5. The molecule has 1 heterocycles. The van der Waals surface area contributed by atoms with Crippen LogP contribution in [-0.4, -0.2) is 31.7 Å². The molecule has 2 aromatic rings. The minimum absolute atomic E-state index is 0.202. The number of likely N-dealkylation sites (N-methyl/N-ethyl adjacent to an activating group) is 1. The van der Waals surface area contributed by atoms with Crippen LogP contribution in [0, 0.1) is 0 Å². The summed E-state index contributed by atoms with van der Waals surface area (Å²) in [5.74, 6) is -0.286. The summed E-state index contributed by atoms with van der Waals surface area (Å²) < 4.78 is 27.8. The molecule has 0 aromatic heterocycles. The number of rotatable bonds is 5. The highest BCUT2D eigenvalue weighted by atomic mass is 32.2. The summed E-state index contributed by atoms with van der Waals surface area (Å²) in [6, 6.07) is 13.9. The molecule has 1 N–H and O–H groups in total. The molecule has 26 heavy (non-hydrogen) atoms. The molecule has 1 atom stereocenters. The van der Waals surface area contributed by atoms with E-state index in [0.717, 1.165) is 29.5 Å². The van der Waals surface area contributed by atoms with Crippen LogP contribution in [-0.2, 0) is 34.2 Å². The monoisotopic (exact) mass is 372 g/mol. The zero-order valence-corrected chi connectivity index (χ0v) is 15.9. The highest BCUT2D eigenvalue weighted by Crippen LogP contribution is 2.29. The Labute approximate surface area is 155 Å². The van der Waals surface area contributed by atoms with Gasteiger partial charge in [-0.15, -0.1) is 0 Å². The van der Waals surface area contributed by atoms with E-state index in [2.05, 4.69) is 12.2 Å². The first kappa shape index (κ1) is 18.6. The maximum Gasteiger partial charge on any atom is 0.244 e. The predicted molar refractivity (Wildman–Crippen MR) is 101 cm³/mol. The van der Waals surface area contributed by atoms with Crippen molar-refractivity contribution in [3.63, 3.8) is 0 Å². The lowest BCUT2D eigenvalue weighted by molar-refractivity contribution is -0.124. The van der Waals surface area contributed by atoms with Crippen molar-refractivity contribution in [3.8, 4) is 0 Å². The quantitative estimate of drug-likeness (QED) is 0.877. The van der Waals surface area contributed by atoms with Crippen LogP contribution in [0.15, 0.2) is 53.4 Å². The smallest absolute Gasteiger partial charge is 0.244 e. The maximum absolute atomic E-state index is 13.2. The summed E-state index contributed by atoms with van der Waals surface area (Å²) in [7, 11) is -2.23. The molecule has 6 heteroatoms. The highest BCUT2D eigenvalue weighted by Gasteiger charge is 2.39. The molecular formula is C20H24N2O3S. The Balaban J connectivity index is 1.99. The molecule has 0 fully saturated rings. The Hall–Kier alpha value is -2.18. The summed E-state index contributed by atoms with van der Waals surface area (Å²) in [6.45, 7) is 2.29. The van der Waals surface area contributed by atoms with Crippen LogP contribution in [0.4, 0.5) is 0 Å². The number of hydrogen-bond donors (Lipinski definition) is 1. The van der Waals surface area contributed by atoms with E-state index in [4.69, 9.17) is 0 Å². The van der Waals surface area contributed by atoms with E-state index in [1.165, 1.54) is 11.4 Å². The van der Waals surface area contributed by atoms with Gasteiger partial charge in [0.05, 0.1) is 4.90 Å². The molecule has 1 amide bonds.